The van der Waals surface area contributed by atoms with E-state index in [0.717, 1.165) is 28.6 Å². The van der Waals surface area contributed by atoms with Crippen LogP contribution in [0.4, 0.5) is 29.1 Å². The maximum absolute atomic E-state index is 14.0. The minimum absolute atomic E-state index is 0.311. The lowest BCUT2D eigenvalue weighted by Gasteiger charge is -2.12. The maximum atomic E-state index is 14.0. The molecule has 0 atom stereocenters. The number of carbonyl (C=O) groups excluding carboxylic acids is 1. The molecule has 4 aromatic rings. The van der Waals surface area contributed by atoms with Crippen molar-refractivity contribution in [1.82, 2.24) is 20.0 Å². The molecule has 7 nitrogen and oxygen atoms in total. The van der Waals surface area contributed by atoms with E-state index in [-0.39, 0.29) is 6.54 Å². The van der Waals surface area contributed by atoms with Gasteiger partial charge in [-0.05, 0) is 29.8 Å². The van der Waals surface area contributed by atoms with Crippen LogP contribution in [0.2, 0.25) is 0 Å². The van der Waals surface area contributed by atoms with Crippen LogP contribution < -0.4 is 11.1 Å². The van der Waals surface area contributed by atoms with Gasteiger partial charge in [-0.2, -0.15) is 23.4 Å². The maximum Gasteiger partial charge on any atom is 0.419 e. The van der Waals surface area contributed by atoms with Gasteiger partial charge in [-0.3, -0.25) is 14.6 Å². The normalized spacial score (nSPS) is 11.7. The van der Waals surface area contributed by atoms with Crippen LogP contribution in [0.15, 0.2) is 48.8 Å². The largest absolute Gasteiger partial charge is 0.419 e. The number of nitrogens with one attached hydrogen (secondary N) is 2. The van der Waals surface area contributed by atoms with E-state index in [0.29, 0.717) is 17.4 Å². The monoisotopic (exact) mass is 418 g/mol. The van der Waals surface area contributed by atoms with Gasteiger partial charge in [-0.1, -0.05) is 12.1 Å². The topological polar surface area (TPSA) is 102 Å². The Labute approximate surface area is 166 Å². The molecule has 0 aliphatic carbocycles. The third-order valence-electron chi connectivity index (χ3n) is 4.44. The molecule has 4 N–H and O–H groups in total. The van der Waals surface area contributed by atoms with Gasteiger partial charge in [0.05, 0.1) is 23.0 Å². The second kappa shape index (κ2) is 7.17. The van der Waals surface area contributed by atoms with E-state index in [1.54, 1.807) is 12.3 Å². The molecule has 4 rings (SSSR count). The molecular formula is C19H14F4N6O. The fourth-order valence-electron chi connectivity index (χ4n) is 3.00. The Morgan fingerprint density at radius 3 is 2.77 bits per heavy atom. The van der Waals surface area contributed by atoms with E-state index >= 15 is 0 Å². The zero-order valence-corrected chi connectivity index (χ0v) is 15.2. The molecule has 0 aliphatic heterocycles. The van der Waals surface area contributed by atoms with Gasteiger partial charge in [0.2, 0.25) is 5.91 Å². The van der Waals surface area contributed by atoms with Crippen LogP contribution in [0.1, 0.15) is 5.56 Å². The fraction of sp³-hybridized carbons (Fsp3) is 0.105. The van der Waals surface area contributed by atoms with E-state index in [4.69, 9.17) is 5.73 Å². The highest BCUT2D eigenvalue weighted by Gasteiger charge is 2.35. The van der Waals surface area contributed by atoms with E-state index in [1.165, 1.54) is 10.9 Å². The van der Waals surface area contributed by atoms with Gasteiger partial charge >= 0.3 is 6.18 Å². The zero-order chi connectivity index (χ0) is 21.5. The molecule has 2 aromatic carbocycles. The number of anilines is 2. The van der Waals surface area contributed by atoms with Crippen molar-refractivity contribution in [3.05, 3.63) is 60.2 Å². The molecular weight excluding hydrogens is 404 g/mol. The van der Waals surface area contributed by atoms with Gasteiger partial charge in [0, 0.05) is 17.1 Å². The number of hydrogen-bond donors (Lipinski definition) is 3. The summed E-state index contributed by atoms with van der Waals surface area (Å²) in [7, 11) is 0. The zero-order valence-electron chi connectivity index (χ0n) is 15.2. The number of carbonyl (C=O) groups is 1. The van der Waals surface area contributed by atoms with Gasteiger partial charge in [0.1, 0.15) is 6.54 Å². The van der Waals surface area contributed by atoms with E-state index in [2.05, 4.69) is 20.6 Å². The van der Waals surface area contributed by atoms with Gasteiger partial charge in [0.15, 0.2) is 11.6 Å². The molecule has 0 fully saturated rings. The highest BCUT2D eigenvalue weighted by atomic mass is 19.4. The van der Waals surface area contributed by atoms with Crippen molar-refractivity contribution in [2.75, 3.05) is 11.1 Å². The molecule has 0 radical (unpaired) electrons. The Hall–Kier alpha value is -3.89. The molecule has 11 heteroatoms. The summed E-state index contributed by atoms with van der Waals surface area (Å²) in [6.45, 7) is -0.311. The summed E-state index contributed by atoms with van der Waals surface area (Å²) in [6, 6.07) is 8.11. The predicted octanol–water partition coefficient (Wildman–Crippen LogP) is 3.81. The average molecular weight is 418 g/mol. The van der Waals surface area contributed by atoms with Crippen LogP contribution in [0, 0.1) is 5.82 Å². The molecule has 2 heterocycles. The van der Waals surface area contributed by atoms with Crippen molar-refractivity contribution >= 4 is 28.3 Å². The highest BCUT2D eigenvalue weighted by molar-refractivity contribution is 5.92. The molecule has 1 amide bonds. The van der Waals surface area contributed by atoms with E-state index in [9.17, 15) is 22.4 Å². The van der Waals surface area contributed by atoms with Crippen molar-refractivity contribution in [2.24, 2.45) is 0 Å². The Bertz CT molecular complexity index is 1240. The molecule has 2 aromatic heterocycles. The first-order chi connectivity index (χ1) is 14.2. The predicted molar refractivity (Wildman–Crippen MR) is 102 cm³/mol. The van der Waals surface area contributed by atoms with Crippen LogP contribution in [0.3, 0.4) is 0 Å². The molecule has 0 spiro atoms. The summed E-state index contributed by atoms with van der Waals surface area (Å²) in [5.74, 6) is -1.88. The first-order valence-corrected chi connectivity index (χ1v) is 8.64. The lowest BCUT2D eigenvalue weighted by atomic mass is 10.1. The number of H-pyrrole nitrogens is 1. The SMILES string of the molecule is Nc1n[nH]c2cc(-c3cnn(CC(=O)Nc4cccc(C(F)(F)F)c4F)c3)ccc12. The van der Waals surface area contributed by atoms with Crippen LogP contribution in [0.25, 0.3) is 22.0 Å². The molecule has 0 saturated heterocycles. The Morgan fingerprint density at radius 2 is 2.00 bits per heavy atom. The number of fused-ring (bicyclic) bond motifs is 1. The molecule has 30 heavy (non-hydrogen) atoms. The third-order valence-corrected chi connectivity index (χ3v) is 4.44. The summed E-state index contributed by atoms with van der Waals surface area (Å²) in [4.78, 5) is 12.2. The molecule has 0 saturated carbocycles. The van der Waals surface area contributed by atoms with Crippen LogP contribution >= 0.6 is 0 Å². The number of halogens is 4. The van der Waals surface area contributed by atoms with Crippen LogP contribution in [-0.4, -0.2) is 25.9 Å². The quantitative estimate of drug-likeness (QED) is 0.439. The molecule has 0 aliphatic rings. The van der Waals surface area contributed by atoms with Gasteiger partial charge < -0.3 is 11.1 Å². The number of nitrogens with zero attached hydrogens (tertiary/aromatic N) is 3. The Kier molecular flexibility index (Phi) is 4.65. The van der Waals surface area contributed by atoms with Gasteiger partial charge in [-0.15, -0.1) is 0 Å². The number of alkyl halides is 3. The molecule has 154 valence electrons. The second-order valence-electron chi connectivity index (χ2n) is 6.51. The lowest BCUT2D eigenvalue weighted by molar-refractivity contribution is -0.140. The first-order valence-electron chi connectivity index (χ1n) is 8.64. The van der Waals surface area contributed by atoms with E-state index in [1.807, 2.05) is 12.1 Å². The summed E-state index contributed by atoms with van der Waals surface area (Å²) in [5, 5.41) is 13.7. The van der Waals surface area contributed by atoms with Crippen LogP contribution in [0.5, 0.6) is 0 Å². The van der Waals surface area contributed by atoms with Crippen molar-refractivity contribution in [2.45, 2.75) is 12.7 Å². The number of nitrogen functional groups attached to an aromatic ring is 1. The van der Waals surface area contributed by atoms with E-state index < -0.39 is 29.2 Å². The summed E-state index contributed by atoms with van der Waals surface area (Å²) < 4.78 is 53.7. The molecule has 0 unspecified atom stereocenters. The average Bonchev–Trinajstić information content (AvgIpc) is 3.29. The van der Waals surface area contributed by atoms with Crippen molar-refractivity contribution in [3.63, 3.8) is 0 Å². The number of benzene rings is 2. The van der Waals surface area contributed by atoms with Gasteiger partial charge in [-0.25, -0.2) is 4.39 Å². The second-order valence-corrected chi connectivity index (χ2v) is 6.51. The minimum Gasteiger partial charge on any atom is -0.382 e. The fourth-order valence-corrected chi connectivity index (χ4v) is 3.00. The number of aromatic amines is 1. The molecule has 0 bridgehead atoms. The smallest absolute Gasteiger partial charge is 0.382 e. The van der Waals surface area contributed by atoms with Gasteiger partial charge in [0.25, 0.3) is 0 Å². The third kappa shape index (κ3) is 3.69. The highest BCUT2D eigenvalue weighted by Crippen LogP contribution is 2.34. The number of hydrogen-bond acceptors (Lipinski definition) is 4. The Balaban J connectivity index is 1.49. The van der Waals surface area contributed by atoms with Crippen molar-refractivity contribution in [1.29, 1.82) is 0 Å². The van der Waals surface area contributed by atoms with Crippen molar-refractivity contribution < 1.29 is 22.4 Å². The number of aromatic nitrogens is 4. The number of amides is 1. The summed E-state index contributed by atoms with van der Waals surface area (Å²) in [6.07, 6.45) is -1.75. The van der Waals surface area contributed by atoms with Crippen LogP contribution in [-0.2, 0) is 17.5 Å². The first kappa shape index (κ1) is 19.4. The summed E-state index contributed by atoms with van der Waals surface area (Å²) in [5.41, 5.74) is 5.96. The minimum atomic E-state index is -4.86. The standard InChI is InChI=1S/C19H14F4N6O/c20-17-13(19(21,22)23)2-1-3-14(17)26-16(30)9-29-8-11(7-25-29)10-4-5-12-15(6-10)27-28-18(12)24/h1-8H,9H2,(H,26,30)(H3,24,27,28). The Morgan fingerprint density at radius 1 is 1.20 bits per heavy atom. The number of nitrogens with two attached hydrogens (primary N) is 1. The summed E-state index contributed by atoms with van der Waals surface area (Å²) >= 11 is 0. The van der Waals surface area contributed by atoms with Crippen molar-refractivity contribution in [3.8, 4) is 11.1 Å². The number of rotatable bonds is 4. The lowest BCUT2D eigenvalue weighted by Crippen LogP contribution is -2.20.